The van der Waals surface area contributed by atoms with Crippen molar-refractivity contribution < 1.29 is 19.6 Å². The lowest BCUT2D eigenvalue weighted by Gasteiger charge is -2.22. The second-order valence-electron chi connectivity index (χ2n) is 5.34. The van der Waals surface area contributed by atoms with Crippen molar-refractivity contribution in [2.75, 3.05) is 6.54 Å². The van der Waals surface area contributed by atoms with Crippen molar-refractivity contribution in [1.29, 1.82) is 0 Å². The predicted octanol–water partition coefficient (Wildman–Crippen LogP) is 1.67. The fourth-order valence-corrected chi connectivity index (χ4v) is 2.58. The number of aliphatic carboxylic acids is 1. The van der Waals surface area contributed by atoms with Gasteiger partial charge in [0.1, 0.15) is 11.7 Å². The third-order valence-corrected chi connectivity index (χ3v) is 3.62. The van der Waals surface area contributed by atoms with Crippen LogP contribution < -0.4 is 0 Å². The number of carboxylic acid groups (broad SMARTS) is 1. The lowest BCUT2D eigenvalue weighted by atomic mass is 10.2. The first-order chi connectivity index (χ1) is 9.82. The molecular weight excluding hydrogens is 278 g/mol. The van der Waals surface area contributed by atoms with Crippen LogP contribution in [0.15, 0.2) is 12.3 Å². The Hall–Kier alpha value is -2.38. The molecule has 1 aromatic rings. The molecule has 0 unspecified atom stereocenters. The first kappa shape index (κ1) is 15.0. The molecule has 2 heterocycles. The Labute approximate surface area is 121 Å². The van der Waals surface area contributed by atoms with E-state index in [0.717, 1.165) is 0 Å². The number of nitrogens with zero attached hydrogens (tertiary/aromatic N) is 3. The number of carbonyl (C=O) groups is 2. The van der Waals surface area contributed by atoms with Crippen LogP contribution in [0.4, 0.5) is 5.69 Å². The maximum Gasteiger partial charge on any atom is 0.326 e. The number of nitro groups is 1. The van der Waals surface area contributed by atoms with Crippen molar-refractivity contribution >= 4 is 17.6 Å². The first-order valence-corrected chi connectivity index (χ1v) is 6.73. The number of hydrogen-bond donors (Lipinski definition) is 1. The summed E-state index contributed by atoms with van der Waals surface area (Å²) in [6.45, 7) is 3.96. The van der Waals surface area contributed by atoms with E-state index in [4.69, 9.17) is 5.11 Å². The summed E-state index contributed by atoms with van der Waals surface area (Å²) in [5.41, 5.74) is -0.0111. The van der Waals surface area contributed by atoms with Crippen molar-refractivity contribution in [3.63, 3.8) is 0 Å². The van der Waals surface area contributed by atoms with Crippen LogP contribution >= 0.6 is 0 Å². The van der Waals surface area contributed by atoms with Gasteiger partial charge in [-0.1, -0.05) is 0 Å². The predicted molar refractivity (Wildman–Crippen MR) is 73.2 cm³/mol. The molecule has 0 spiro atoms. The normalized spacial score (nSPS) is 18.2. The summed E-state index contributed by atoms with van der Waals surface area (Å²) in [7, 11) is 0. The summed E-state index contributed by atoms with van der Waals surface area (Å²) in [6.07, 6.45) is 2.34. The van der Waals surface area contributed by atoms with Crippen LogP contribution in [-0.4, -0.2) is 44.0 Å². The third-order valence-electron chi connectivity index (χ3n) is 3.62. The molecule has 1 atom stereocenters. The minimum atomic E-state index is -1.04. The molecule has 0 aromatic carbocycles. The standard InChI is InChI=1S/C13H17N3O5/c1-8(2)15-7-9(16(20)21)6-11(15)12(17)14-5-3-4-10(14)13(18)19/h6-8,10H,3-5H2,1-2H3,(H,18,19)/t10-/m1/s1. The molecule has 2 rings (SSSR count). The van der Waals surface area contributed by atoms with Gasteiger partial charge in [0.05, 0.1) is 11.1 Å². The molecule has 8 nitrogen and oxygen atoms in total. The number of likely N-dealkylation sites (tertiary alicyclic amines) is 1. The summed E-state index contributed by atoms with van der Waals surface area (Å²) in [6, 6.07) is 0.218. The van der Waals surface area contributed by atoms with E-state index in [2.05, 4.69) is 0 Å². The number of hydrogen-bond acceptors (Lipinski definition) is 4. The highest BCUT2D eigenvalue weighted by atomic mass is 16.6. The number of carboxylic acids is 1. The Morgan fingerprint density at radius 2 is 2.14 bits per heavy atom. The maximum atomic E-state index is 12.5. The molecular formula is C13H17N3O5. The quantitative estimate of drug-likeness (QED) is 0.671. The highest BCUT2D eigenvalue weighted by Gasteiger charge is 2.36. The molecule has 1 N–H and O–H groups in total. The van der Waals surface area contributed by atoms with Gasteiger partial charge in [-0.25, -0.2) is 4.79 Å². The Bertz CT molecular complexity index is 593. The fourth-order valence-electron chi connectivity index (χ4n) is 2.58. The molecule has 1 aliphatic heterocycles. The van der Waals surface area contributed by atoms with Crippen LogP contribution in [0, 0.1) is 10.1 Å². The monoisotopic (exact) mass is 295 g/mol. The lowest BCUT2D eigenvalue weighted by Crippen LogP contribution is -2.41. The van der Waals surface area contributed by atoms with Gasteiger partial charge in [0.2, 0.25) is 0 Å². The molecule has 1 fully saturated rings. The van der Waals surface area contributed by atoms with E-state index in [1.807, 2.05) is 0 Å². The minimum absolute atomic E-state index is 0.136. The molecule has 21 heavy (non-hydrogen) atoms. The van der Waals surface area contributed by atoms with Crippen LogP contribution in [0.25, 0.3) is 0 Å². The van der Waals surface area contributed by atoms with Gasteiger partial charge in [0, 0.05) is 18.7 Å². The van der Waals surface area contributed by atoms with Gasteiger partial charge < -0.3 is 14.6 Å². The van der Waals surface area contributed by atoms with Gasteiger partial charge in [-0.15, -0.1) is 0 Å². The van der Waals surface area contributed by atoms with E-state index in [1.165, 1.54) is 21.7 Å². The number of carbonyl (C=O) groups excluding carboxylic acids is 1. The van der Waals surface area contributed by atoms with Gasteiger partial charge >= 0.3 is 5.97 Å². The summed E-state index contributed by atoms with van der Waals surface area (Å²) >= 11 is 0. The molecule has 0 aliphatic carbocycles. The second kappa shape index (κ2) is 5.55. The number of rotatable bonds is 4. The molecule has 1 aromatic heterocycles. The van der Waals surface area contributed by atoms with Crippen LogP contribution in [0.1, 0.15) is 43.2 Å². The largest absolute Gasteiger partial charge is 0.480 e. The fraction of sp³-hybridized carbons (Fsp3) is 0.538. The Balaban J connectivity index is 2.38. The van der Waals surface area contributed by atoms with Crippen LogP contribution in [0.3, 0.4) is 0 Å². The first-order valence-electron chi connectivity index (χ1n) is 6.73. The molecule has 1 saturated heterocycles. The van der Waals surface area contributed by atoms with Crippen molar-refractivity contribution in [2.24, 2.45) is 0 Å². The van der Waals surface area contributed by atoms with E-state index in [-0.39, 0.29) is 17.4 Å². The van der Waals surface area contributed by atoms with Gasteiger partial charge in [0.25, 0.3) is 11.6 Å². The summed E-state index contributed by atoms with van der Waals surface area (Å²) in [5, 5.41) is 20.0. The Morgan fingerprint density at radius 1 is 1.48 bits per heavy atom. The van der Waals surface area contributed by atoms with Crippen LogP contribution in [-0.2, 0) is 4.79 Å². The second-order valence-corrected chi connectivity index (χ2v) is 5.34. The van der Waals surface area contributed by atoms with E-state index in [9.17, 15) is 19.7 Å². The lowest BCUT2D eigenvalue weighted by molar-refractivity contribution is -0.384. The van der Waals surface area contributed by atoms with Gasteiger partial charge in [0.15, 0.2) is 0 Å². The zero-order valence-electron chi connectivity index (χ0n) is 11.9. The van der Waals surface area contributed by atoms with E-state index < -0.39 is 22.8 Å². The zero-order valence-corrected chi connectivity index (χ0v) is 11.9. The van der Waals surface area contributed by atoms with Crippen LogP contribution in [0.2, 0.25) is 0 Å². The molecule has 1 amide bonds. The van der Waals surface area contributed by atoms with Crippen molar-refractivity contribution in [2.45, 2.75) is 38.8 Å². The van der Waals surface area contributed by atoms with Crippen LogP contribution in [0.5, 0.6) is 0 Å². The third kappa shape index (κ3) is 2.74. The average molecular weight is 295 g/mol. The average Bonchev–Trinajstić information content (AvgIpc) is 3.04. The smallest absolute Gasteiger partial charge is 0.326 e. The van der Waals surface area contributed by atoms with Crippen molar-refractivity contribution in [3.8, 4) is 0 Å². The molecule has 0 radical (unpaired) electrons. The molecule has 114 valence electrons. The highest BCUT2D eigenvalue weighted by Crippen LogP contribution is 2.25. The Kier molecular flexibility index (Phi) is 3.97. The van der Waals surface area contributed by atoms with Gasteiger partial charge in [-0.2, -0.15) is 0 Å². The number of amides is 1. The van der Waals surface area contributed by atoms with Gasteiger partial charge in [-0.05, 0) is 26.7 Å². The van der Waals surface area contributed by atoms with E-state index >= 15 is 0 Å². The van der Waals surface area contributed by atoms with E-state index in [1.54, 1.807) is 13.8 Å². The zero-order chi connectivity index (χ0) is 15.7. The van der Waals surface area contributed by atoms with Gasteiger partial charge in [-0.3, -0.25) is 14.9 Å². The number of aromatic nitrogens is 1. The minimum Gasteiger partial charge on any atom is -0.480 e. The Morgan fingerprint density at radius 3 is 2.67 bits per heavy atom. The van der Waals surface area contributed by atoms with Crippen molar-refractivity contribution in [1.82, 2.24) is 9.47 Å². The molecule has 0 saturated carbocycles. The molecule has 1 aliphatic rings. The molecule has 8 heteroatoms. The van der Waals surface area contributed by atoms with E-state index in [0.29, 0.717) is 19.4 Å². The highest BCUT2D eigenvalue weighted by molar-refractivity contribution is 5.96. The summed E-state index contributed by atoms with van der Waals surface area (Å²) in [4.78, 5) is 35.3. The SMILES string of the molecule is CC(C)n1cc([N+](=O)[O-])cc1C(=O)N1CCC[C@@H]1C(=O)O. The van der Waals surface area contributed by atoms with Crippen molar-refractivity contribution in [3.05, 3.63) is 28.1 Å². The molecule has 0 bridgehead atoms. The summed E-state index contributed by atoms with van der Waals surface area (Å²) < 4.78 is 1.51. The topological polar surface area (TPSA) is 106 Å². The maximum absolute atomic E-state index is 12.5. The summed E-state index contributed by atoms with van der Waals surface area (Å²) in [5.74, 6) is -1.51.